The first-order valence-electron chi connectivity index (χ1n) is 7.42. The Hall–Kier alpha value is -0.970. The van der Waals surface area contributed by atoms with Crippen molar-refractivity contribution in [2.24, 2.45) is 16.7 Å². The van der Waals surface area contributed by atoms with Crippen molar-refractivity contribution in [2.75, 3.05) is 0 Å². The molecule has 0 aromatic carbocycles. The van der Waals surface area contributed by atoms with Crippen LogP contribution in [0.5, 0.6) is 0 Å². The van der Waals surface area contributed by atoms with E-state index in [4.69, 9.17) is 4.74 Å². The Bertz CT molecular complexity index is 540. The SMILES string of the molecule is CCc1nnsc1C(=O)OC1CC2CCC1(C)C2(C)C. The molecule has 3 rings (SSSR count). The van der Waals surface area contributed by atoms with Gasteiger partial charge in [-0.05, 0) is 48.5 Å². The van der Waals surface area contributed by atoms with Crippen LogP contribution in [0.1, 0.15) is 62.3 Å². The first-order valence-corrected chi connectivity index (χ1v) is 8.19. The molecule has 5 heteroatoms. The molecule has 2 bridgehead atoms. The Balaban J connectivity index is 1.79. The molecule has 1 aromatic heterocycles. The minimum Gasteiger partial charge on any atom is -0.457 e. The van der Waals surface area contributed by atoms with Gasteiger partial charge in [-0.3, -0.25) is 0 Å². The highest BCUT2D eigenvalue weighted by Crippen LogP contribution is 2.66. The number of fused-ring (bicyclic) bond motifs is 2. The van der Waals surface area contributed by atoms with Crippen molar-refractivity contribution in [3.63, 3.8) is 0 Å². The largest absolute Gasteiger partial charge is 0.457 e. The Morgan fingerprint density at radius 2 is 2.20 bits per heavy atom. The molecule has 0 spiro atoms. The van der Waals surface area contributed by atoms with Gasteiger partial charge in [0, 0.05) is 5.41 Å². The quantitative estimate of drug-likeness (QED) is 0.801. The van der Waals surface area contributed by atoms with E-state index in [1.165, 1.54) is 6.42 Å². The molecule has 2 fully saturated rings. The molecule has 1 heterocycles. The van der Waals surface area contributed by atoms with Crippen molar-refractivity contribution in [3.05, 3.63) is 10.6 Å². The summed E-state index contributed by atoms with van der Waals surface area (Å²) in [5, 5.41) is 3.99. The number of ether oxygens (including phenoxy) is 1. The average Bonchev–Trinajstić information content (AvgIpc) is 3.01. The fraction of sp³-hybridized carbons (Fsp3) is 0.800. The molecule has 0 saturated heterocycles. The molecule has 0 amide bonds. The lowest BCUT2D eigenvalue weighted by Gasteiger charge is -2.38. The molecule has 0 N–H and O–H groups in total. The van der Waals surface area contributed by atoms with Gasteiger partial charge >= 0.3 is 5.97 Å². The van der Waals surface area contributed by atoms with Crippen LogP contribution in [0.3, 0.4) is 0 Å². The molecule has 3 atom stereocenters. The number of esters is 1. The lowest BCUT2D eigenvalue weighted by atomic mass is 9.70. The monoisotopic (exact) mass is 294 g/mol. The van der Waals surface area contributed by atoms with E-state index in [1.54, 1.807) is 0 Å². The van der Waals surface area contributed by atoms with Gasteiger partial charge in [0.05, 0.1) is 5.69 Å². The maximum absolute atomic E-state index is 12.4. The minimum atomic E-state index is -0.230. The smallest absolute Gasteiger partial charge is 0.352 e. The summed E-state index contributed by atoms with van der Waals surface area (Å²) in [6, 6.07) is 0. The van der Waals surface area contributed by atoms with Gasteiger partial charge in [-0.25, -0.2) is 4.79 Å². The zero-order chi connectivity index (χ0) is 14.5. The number of carbonyl (C=O) groups excluding carboxylic acids is 1. The predicted octanol–water partition coefficient (Wildman–Crippen LogP) is 3.47. The Labute approximate surface area is 124 Å². The third-order valence-corrected chi connectivity index (χ3v) is 6.79. The second-order valence-corrected chi connectivity index (χ2v) is 7.66. The van der Waals surface area contributed by atoms with Crippen LogP contribution < -0.4 is 0 Å². The number of hydrogen-bond donors (Lipinski definition) is 0. The van der Waals surface area contributed by atoms with E-state index in [2.05, 4.69) is 30.4 Å². The summed E-state index contributed by atoms with van der Waals surface area (Å²) in [5.74, 6) is 0.446. The predicted molar refractivity (Wildman–Crippen MR) is 77.7 cm³/mol. The van der Waals surface area contributed by atoms with Gasteiger partial charge < -0.3 is 4.74 Å². The van der Waals surface area contributed by atoms with Crippen molar-refractivity contribution >= 4 is 17.5 Å². The molecule has 1 aromatic rings. The van der Waals surface area contributed by atoms with E-state index in [0.29, 0.717) is 10.8 Å². The van der Waals surface area contributed by atoms with Crippen LogP contribution in [0.15, 0.2) is 0 Å². The highest BCUT2D eigenvalue weighted by Gasteiger charge is 2.62. The zero-order valence-electron chi connectivity index (χ0n) is 12.6. The second kappa shape index (κ2) is 4.52. The maximum Gasteiger partial charge on any atom is 0.352 e. The third kappa shape index (κ3) is 1.75. The van der Waals surface area contributed by atoms with E-state index in [9.17, 15) is 4.79 Å². The van der Waals surface area contributed by atoms with Gasteiger partial charge in [-0.2, -0.15) is 0 Å². The van der Waals surface area contributed by atoms with Crippen LogP contribution in [-0.4, -0.2) is 21.7 Å². The first-order chi connectivity index (χ1) is 9.40. The molecule has 0 aliphatic heterocycles. The lowest BCUT2D eigenvalue weighted by molar-refractivity contribution is -0.0239. The Morgan fingerprint density at radius 1 is 1.45 bits per heavy atom. The number of aryl methyl sites for hydroxylation is 1. The summed E-state index contributed by atoms with van der Waals surface area (Å²) < 4.78 is 9.74. The minimum absolute atomic E-state index is 0.0376. The van der Waals surface area contributed by atoms with Gasteiger partial charge in [0.2, 0.25) is 0 Å². The Kier molecular flexibility index (Phi) is 3.16. The summed E-state index contributed by atoms with van der Waals surface area (Å²) in [7, 11) is 0. The second-order valence-electron chi connectivity index (χ2n) is 6.91. The van der Waals surface area contributed by atoms with Gasteiger partial charge in [0.1, 0.15) is 6.10 Å². The highest BCUT2D eigenvalue weighted by molar-refractivity contribution is 7.07. The van der Waals surface area contributed by atoms with E-state index in [-0.39, 0.29) is 22.9 Å². The summed E-state index contributed by atoms with van der Waals surface area (Å²) in [6.45, 7) is 8.91. The summed E-state index contributed by atoms with van der Waals surface area (Å²) in [6.07, 6.45) is 4.18. The van der Waals surface area contributed by atoms with Crippen LogP contribution in [0.25, 0.3) is 0 Å². The maximum atomic E-state index is 12.4. The van der Waals surface area contributed by atoms with Crippen LogP contribution in [0, 0.1) is 16.7 Å². The van der Waals surface area contributed by atoms with Crippen LogP contribution in [-0.2, 0) is 11.2 Å². The number of carbonyl (C=O) groups is 1. The van der Waals surface area contributed by atoms with Crippen molar-refractivity contribution in [2.45, 2.75) is 59.5 Å². The fourth-order valence-corrected chi connectivity index (χ4v) is 4.72. The number of rotatable bonds is 3. The summed E-state index contributed by atoms with van der Waals surface area (Å²) in [4.78, 5) is 13.0. The first kappa shape index (κ1) is 14.0. The summed E-state index contributed by atoms with van der Waals surface area (Å²) >= 11 is 1.15. The lowest BCUT2D eigenvalue weighted by Crippen LogP contribution is -2.38. The van der Waals surface area contributed by atoms with Gasteiger partial charge in [0.25, 0.3) is 0 Å². The molecule has 20 heavy (non-hydrogen) atoms. The van der Waals surface area contributed by atoms with Crippen LogP contribution in [0.2, 0.25) is 0 Å². The molecule has 3 unspecified atom stereocenters. The van der Waals surface area contributed by atoms with E-state index < -0.39 is 0 Å². The number of aromatic nitrogens is 2. The van der Waals surface area contributed by atoms with E-state index in [1.807, 2.05) is 6.92 Å². The van der Waals surface area contributed by atoms with Crippen molar-refractivity contribution < 1.29 is 9.53 Å². The van der Waals surface area contributed by atoms with Crippen LogP contribution in [0.4, 0.5) is 0 Å². The highest BCUT2D eigenvalue weighted by atomic mass is 32.1. The molecular weight excluding hydrogens is 272 g/mol. The molecule has 110 valence electrons. The van der Waals surface area contributed by atoms with E-state index >= 15 is 0 Å². The Morgan fingerprint density at radius 3 is 2.75 bits per heavy atom. The third-order valence-electron chi connectivity index (χ3n) is 6.04. The summed E-state index contributed by atoms with van der Waals surface area (Å²) in [5.41, 5.74) is 1.13. The molecule has 4 nitrogen and oxygen atoms in total. The molecular formula is C15H22N2O2S. The average molecular weight is 294 g/mol. The topological polar surface area (TPSA) is 52.1 Å². The van der Waals surface area contributed by atoms with Gasteiger partial charge in [-0.1, -0.05) is 32.2 Å². The molecule has 0 radical (unpaired) electrons. The molecule has 2 aliphatic rings. The van der Waals surface area contributed by atoms with Crippen molar-refractivity contribution in [1.29, 1.82) is 0 Å². The normalized spacial score (nSPS) is 34.4. The van der Waals surface area contributed by atoms with Crippen LogP contribution >= 0.6 is 11.5 Å². The zero-order valence-corrected chi connectivity index (χ0v) is 13.4. The van der Waals surface area contributed by atoms with Gasteiger partial charge in [0.15, 0.2) is 4.88 Å². The standard InChI is InChI=1S/C15H22N2O2S/c1-5-10-12(20-17-16-10)13(18)19-11-8-9-6-7-15(11,4)14(9,2)3/h9,11H,5-8H2,1-4H3. The fourth-order valence-electron chi connectivity index (χ4n) is 4.09. The van der Waals surface area contributed by atoms with Gasteiger partial charge in [-0.15, -0.1) is 5.10 Å². The molecule has 2 saturated carbocycles. The van der Waals surface area contributed by atoms with E-state index in [0.717, 1.165) is 36.5 Å². The van der Waals surface area contributed by atoms with Crippen molar-refractivity contribution in [3.8, 4) is 0 Å². The number of hydrogen-bond acceptors (Lipinski definition) is 5. The van der Waals surface area contributed by atoms with Crippen molar-refractivity contribution in [1.82, 2.24) is 9.59 Å². The molecule has 2 aliphatic carbocycles. The number of nitrogens with zero attached hydrogens (tertiary/aromatic N) is 2.